The van der Waals surface area contributed by atoms with Gasteiger partial charge in [0, 0.05) is 0 Å². The van der Waals surface area contributed by atoms with Crippen molar-refractivity contribution in [2.45, 2.75) is 6.04 Å². The van der Waals surface area contributed by atoms with Crippen LogP contribution in [0, 0.1) is 0 Å². The van der Waals surface area contributed by atoms with Gasteiger partial charge in [-0.2, -0.15) is 0 Å². The second kappa shape index (κ2) is 5.61. The summed E-state index contributed by atoms with van der Waals surface area (Å²) in [5.74, 6) is 0.795. The number of hydrogen-bond donors (Lipinski definition) is 1. The van der Waals surface area contributed by atoms with Crippen molar-refractivity contribution in [3.63, 3.8) is 0 Å². The molecule has 0 fully saturated rings. The van der Waals surface area contributed by atoms with Crippen molar-refractivity contribution in [2.75, 3.05) is 7.11 Å². The predicted octanol–water partition coefficient (Wildman–Crippen LogP) is 4.05. The highest BCUT2D eigenvalue weighted by atomic mass is 35.5. The van der Waals surface area contributed by atoms with Gasteiger partial charge in [-0.3, -0.25) is 0 Å². The third kappa shape index (κ3) is 2.61. The van der Waals surface area contributed by atoms with Gasteiger partial charge in [0.15, 0.2) is 0 Å². The molecule has 0 aliphatic rings. The number of methoxy groups -OCH3 is 1. The summed E-state index contributed by atoms with van der Waals surface area (Å²) >= 11 is 12.1. The SMILES string of the molecule is COc1ccc(C(N)c2cccc(Cl)c2Cl)cc1. The Morgan fingerprint density at radius 3 is 2.33 bits per heavy atom. The van der Waals surface area contributed by atoms with Gasteiger partial charge in [0.1, 0.15) is 5.75 Å². The van der Waals surface area contributed by atoms with E-state index in [1.54, 1.807) is 13.2 Å². The fourth-order valence-corrected chi connectivity index (χ4v) is 2.18. The van der Waals surface area contributed by atoms with E-state index in [-0.39, 0.29) is 6.04 Å². The molecule has 2 nitrogen and oxygen atoms in total. The second-order valence-electron chi connectivity index (χ2n) is 3.89. The van der Waals surface area contributed by atoms with Crippen LogP contribution in [-0.2, 0) is 0 Å². The Hall–Kier alpha value is -1.22. The van der Waals surface area contributed by atoms with Crippen LogP contribution < -0.4 is 10.5 Å². The monoisotopic (exact) mass is 281 g/mol. The van der Waals surface area contributed by atoms with Gasteiger partial charge in [0.05, 0.1) is 23.2 Å². The molecule has 0 aliphatic carbocycles. The topological polar surface area (TPSA) is 35.2 Å². The average Bonchev–Trinajstić information content (AvgIpc) is 2.41. The van der Waals surface area contributed by atoms with E-state index in [0.717, 1.165) is 16.9 Å². The third-order valence-corrected chi connectivity index (χ3v) is 3.62. The molecule has 0 spiro atoms. The Morgan fingerprint density at radius 2 is 1.72 bits per heavy atom. The molecular formula is C14H13Cl2NO. The lowest BCUT2D eigenvalue weighted by Gasteiger charge is -2.15. The number of hydrogen-bond acceptors (Lipinski definition) is 2. The maximum atomic E-state index is 6.19. The number of rotatable bonds is 3. The number of halogens is 2. The zero-order valence-electron chi connectivity index (χ0n) is 9.86. The lowest BCUT2D eigenvalue weighted by molar-refractivity contribution is 0.414. The van der Waals surface area contributed by atoms with Crippen LogP contribution in [0.5, 0.6) is 5.75 Å². The minimum Gasteiger partial charge on any atom is -0.497 e. The molecule has 2 aromatic rings. The summed E-state index contributed by atoms with van der Waals surface area (Å²) in [6.45, 7) is 0. The summed E-state index contributed by atoms with van der Waals surface area (Å²) in [5.41, 5.74) is 7.97. The highest BCUT2D eigenvalue weighted by Crippen LogP contribution is 2.32. The molecule has 0 aliphatic heterocycles. The molecule has 0 heterocycles. The van der Waals surface area contributed by atoms with Crippen molar-refractivity contribution < 1.29 is 4.74 Å². The summed E-state index contributed by atoms with van der Waals surface area (Å²) in [6, 6.07) is 12.7. The van der Waals surface area contributed by atoms with E-state index in [4.69, 9.17) is 33.7 Å². The van der Waals surface area contributed by atoms with Gasteiger partial charge in [-0.25, -0.2) is 0 Å². The molecule has 0 saturated carbocycles. The molecule has 2 aromatic carbocycles. The van der Waals surface area contributed by atoms with Crippen LogP contribution in [0.3, 0.4) is 0 Å². The van der Waals surface area contributed by atoms with Gasteiger partial charge >= 0.3 is 0 Å². The van der Waals surface area contributed by atoms with Crippen LogP contribution in [0.15, 0.2) is 42.5 Å². The first kappa shape index (κ1) is 13.2. The highest BCUT2D eigenvalue weighted by Gasteiger charge is 2.14. The first-order chi connectivity index (χ1) is 8.63. The molecule has 1 atom stereocenters. The number of benzene rings is 2. The van der Waals surface area contributed by atoms with E-state index in [1.165, 1.54) is 0 Å². The Labute approximate surface area is 116 Å². The largest absolute Gasteiger partial charge is 0.497 e. The van der Waals surface area contributed by atoms with E-state index >= 15 is 0 Å². The fourth-order valence-electron chi connectivity index (χ4n) is 1.75. The van der Waals surface area contributed by atoms with Crippen molar-refractivity contribution in [1.82, 2.24) is 0 Å². The second-order valence-corrected chi connectivity index (χ2v) is 4.68. The highest BCUT2D eigenvalue weighted by molar-refractivity contribution is 6.42. The Kier molecular flexibility index (Phi) is 4.12. The van der Waals surface area contributed by atoms with Crippen LogP contribution in [-0.4, -0.2) is 7.11 Å². The zero-order chi connectivity index (χ0) is 13.1. The van der Waals surface area contributed by atoms with Gasteiger partial charge in [-0.1, -0.05) is 47.5 Å². The van der Waals surface area contributed by atoms with Crippen molar-refractivity contribution in [2.24, 2.45) is 5.73 Å². The van der Waals surface area contributed by atoms with Crippen LogP contribution in [0.25, 0.3) is 0 Å². The zero-order valence-corrected chi connectivity index (χ0v) is 11.4. The standard InChI is InChI=1S/C14H13Cl2NO/c1-18-10-7-5-9(6-8-10)14(17)11-3-2-4-12(15)13(11)16/h2-8,14H,17H2,1H3. The van der Waals surface area contributed by atoms with Crippen LogP contribution in [0.1, 0.15) is 17.2 Å². The van der Waals surface area contributed by atoms with Gasteiger partial charge in [-0.15, -0.1) is 0 Å². The van der Waals surface area contributed by atoms with Crippen LogP contribution in [0.4, 0.5) is 0 Å². The summed E-state index contributed by atoms with van der Waals surface area (Å²) in [6.07, 6.45) is 0. The quantitative estimate of drug-likeness (QED) is 0.921. The first-order valence-corrected chi connectivity index (χ1v) is 6.22. The molecule has 0 aromatic heterocycles. The maximum absolute atomic E-state index is 6.19. The summed E-state index contributed by atoms with van der Waals surface area (Å²) in [4.78, 5) is 0. The number of nitrogens with two attached hydrogens (primary N) is 1. The molecule has 0 amide bonds. The first-order valence-electron chi connectivity index (χ1n) is 5.47. The number of ether oxygens (including phenoxy) is 1. The van der Waals surface area contributed by atoms with Crippen molar-refractivity contribution in [3.05, 3.63) is 63.6 Å². The fraction of sp³-hybridized carbons (Fsp3) is 0.143. The summed E-state index contributed by atoms with van der Waals surface area (Å²) in [5, 5.41) is 1.01. The molecule has 4 heteroatoms. The Balaban J connectivity index is 2.35. The average molecular weight is 282 g/mol. The van der Waals surface area contributed by atoms with Crippen LogP contribution in [0.2, 0.25) is 10.0 Å². The maximum Gasteiger partial charge on any atom is 0.118 e. The Morgan fingerprint density at radius 1 is 1.06 bits per heavy atom. The van der Waals surface area contributed by atoms with Crippen molar-refractivity contribution in [1.29, 1.82) is 0 Å². The lowest BCUT2D eigenvalue weighted by Crippen LogP contribution is -2.12. The van der Waals surface area contributed by atoms with Crippen LogP contribution >= 0.6 is 23.2 Å². The Bertz CT molecular complexity index is 540. The lowest BCUT2D eigenvalue weighted by atomic mass is 9.99. The summed E-state index contributed by atoms with van der Waals surface area (Å²) < 4.78 is 5.11. The van der Waals surface area contributed by atoms with E-state index in [1.807, 2.05) is 36.4 Å². The minimum absolute atomic E-state index is 0.304. The van der Waals surface area contributed by atoms with Crippen molar-refractivity contribution in [3.8, 4) is 5.75 Å². The molecule has 1 unspecified atom stereocenters. The normalized spacial score (nSPS) is 12.2. The molecule has 0 bridgehead atoms. The molecular weight excluding hydrogens is 269 g/mol. The van der Waals surface area contributed by atoms with E-state index in [9.17, 15) is 0 Å². The predicted molar refractivity (Wildman–Crippen MR) is 75.5 cm³/mol. The van der Waals surface area contributed by atoms with Gasteiger partial charge in [0.2, 0.25) is 0 Å². The molecule has 2 rings (SSSR count). The van der Waals surface area contributed by atoms with Gasteiger partial charge in [-0.05, 0) is 29.3 Å². The molecule has 0 saturated heterocycles. The molecule has 2 N–H and O–H groups in total. The summed E-state index contributed by atoms with van der Waals surface area (Å²) in [7, 11) is 1.63. The van der Waals surface area contributed by atoms with Gasteiger partial charge < -0.3 is 10.5 Å². The van der Waals surface area contributed by atoms with E-state index in [0.29, 0.717) is 10.0 Å². The molecule has 0 radical (unpaired) electrons. The minimum atomic E-state index is -0.304. The molecule has 94 valence electrons. The van der Waals surface area contributed by atoms with Gasteiger partial charge in [0.25, 0.3) is 0 Å². The molecule has 18 heavy (non-hydrogen) atoms. The van der Waals surface area contributed by atoms with E-state index < -0.39 is 0 Å². The smallest absolute Gasteiger partial charge is 0.118 e. The van der Waals surface area contributed by atoms with E-state index in [2.05, 4.69) is 0 Å². The van der Waals surface area contributed by atoms with Crippen molar-refractivity contribution >= 4 is 23.2 Å². The third-order valence-electron chi connectivity index (χ3n) is 2.79.